The maximum absolute atomic E-state index is 13.5. The number of allylic oxidation sites excluding steroid dienone is 3. The Balaban J connectivity index is 1.63. The fourth-order valence-electron chi connectivity index (χ4n) is 8.82. The molecular formula is C46H64O17. The summed E-state index contributed by atoms with van der Waals surface area (Å²) in [6, 6.07) is 0. The summed E-state index contributed by atoms with van der Waals surface area (Å²) in [4.78, 5) is 65.2. The van der Waals surface area contributed by atoms with Gasteiger partial charge in [-0.25, -0.2) is 14.4 Å². The Bertz CT molecular complexity index is 1860. The van der Waals surface area contributed by atoms with E-state index >= 15 is 0 Å². The summed E-state index contributed by atoms with van der Waals surface area (Å²) in [6.07, 6.45) is 2.49. The highest BCUT2D eigenvalue weighted by atomic mass is 16.8. The highest BCUT2D eigenvalue weighted by Crippen LogP contribution is 2.53. The van der Waals surface area contributed by atoms with Gasteiger partial charge in [0, 0.05) is 44.8 Å². The molecule has 4 N–H and O–H groups in total. The number of unbranched alkanes of at least 4 members (excludes halogenated alkanes) is 1. The Kier molecular flexibility index (Phi) is 15.9. The fraction of sp³-hybridized carbons (Fsp3) is 0.674. The summed E-state index contributed by atoms with van der Waals surface area (Å²) >= 11 is 0. The van der Waals surface area contributed by atoms with Crippen molar-refractivity contribution in [2.45, 2.75) is 173 Å². The zero-order chi connectivity index (χ0) is 46.5. The Labute approximate surface area is 368 Å². The van der Waals surface area contributed by atoms with Gasteiger partial charge in [0.2, 0.25) is 0 Å². The first-order valence-electron chi connectivity index (χ1n) is 21.6. The highest BCUT2D eigenvalue weighted by molar-refractivity contribution is 5.83. The second-order valence-corrected chi connectivity index (χ2v) is 18.2. The third-order valence-electron chi connectivity index (χ3n) is 12.5. The van der Waals surface area contributed by atoms with Crippen molar-refractivity contribution in [3.05, 3.63) is 59.9 Å². The lowest BCUT2D eigenvalue weighted by Gasteiger charge is -2.55. The summed E-state index contributed by atoms with van der Waals surface area (Å²) in [5, 5.41) is 45.9. The Hall–Kier alpha value is -4.39. The topological polar surface area (TPSA) is 240 Å². The predicted octanol–water partition coefficient (Wildman–Crippen LogP) is 3.85. The van der Waals surface area contributed by atoms with E-state index in [1.807, 2.05) is 13.0 Å². The van der Waals surface area contributed by atoms with Crippen LogP contribution in [0.5, 0.6) is 0 Å². The van der Waals surface area contributed by atoms with E-state index in [2.05, 4.69) is 0 Å². The van der Waals surface area contributed by atoms with Crippen LogP contribution in [-0.2, 0) is 61.9 Å². The van der Waals surface area contributed by atoms with Gasteiger partial charge in [-0.05, 0) is 46.1 Å². The molecule has 0 aromatic carbocycles. The summed E-state index contributed by atoms with van der Waals surface area (Å²) in [5.41, 5.74) is -2.08. The number of aliphatic hydroxyl groups is 4. The molecule has 0 aliphatic carbocycles. The smallest absolute Gasteiger partial charge is 0.339 e. The maximum Gasteiger partial charge on any atom is 0.339 e. The first-order valence-corrected chi connectivity index (χ1v) is 21.6. The van der Waals surface area contributed by atoms with Crippen LogP contribution in [0.25, 0.3) is 0 Å². The summed E-state index contributed by atoms with van der Waals surface area (Å²) in [5.74, 6) is -9.42. The highest BCUT2D eigenvalue weighted by Gasteiger charge is 2.67. The summed E-state index contributed by atoms with van der Waals surface area (Å²) < 4.78 is 47.9. The SMILES string of the molecule is CCC/C=C/C=C/C(=O)O[C@H]1[C@H]2C=C3C[C@H]([C@@H](C)O)OC(=O)C[C@H](O)C[C@@H]4C[C@H](OC(C)=O)C(C)(C)[C@](O)(C[C@@H]5C/C(=C/C(=O)OC)C[C@H](/C=C/C(C)(C)[C@]1(OC(=O)C2O)O3)O5)O4. The molecule has 0 saturated carbocycles. The van der Waals surface area contributed by atoms with E-state index in [1.54, 1.807) is 45.9 Å². The van der Waals surface area contributed by atoms with Gasteiger partial charge < -0.3 is 58.3 Å². The third kappa shape index (κ3) is 11.5. The van der Waals surface area contributed by atoms with E-state index in [9.17, 15) is 44.4 Å². The standard InChI is InChI=1S/C46H64O17/c1-9-10-11-12-13-14-37(50)60-41-34-22-32-23-35(26(2)47)59-39(52)21-29(49)20-31-24-36(57-27(3)48)44(6,7)45(55,61-31)25-33-18-28(19-38(51)56-8)17-30(58-33)15-16-43(4,5)46(41,62-32)63-42(54)40(34)53/h11-16,19,22,26,29-31,33-36,40-41,47,49,53,55H,9-10,17-18,20-21,23-25H2,1-8H3/b12-11+,14-13+,16-15+,28-19+/t26-,29-,30+,31-,33+,34+,35-,36+,40?,41+,45+,46+/m1/s1. The second kappa shape index (κ2) is 20.2. The second-order valence-electron chi connectivity index (χ2n) is 18.2. The fourth-order valence-corrected chi connectivity index (χ4v) is 8.82. The first kappa shape index (κ1) is 49.6. The van der Waals surface area contributed by atoms with E-state index in [-0.39, 0.29) is 44.3 Å². The molecule has 0 aromatic heterocycles. The number of rotatable bonds is 8. The van der Waals surface area contributed by atoms with E-state index in [0.717, 1.165) is 12.8 Å². The maximum atomic E-state index is 13.5. The third-order valence-corrected chi connectivity index (χ3v) is 12.5. The van der Waals surface area contributed by atoms with Crippen LogP contribution in [0.15, 0.2) is 59.9 Å². The molecule has 350 valence electrons. The zero-order valence-corrected chi connectivity index (χ0v) is 37.4. The number of aliphatic hydroxyl groups excluding tert-OH is 3. The van der Waals surface area contributed by atoms with Gasteiger partial charge in [-0.2, -0.15) is 0 Å². The van der Waals surface area contributed by atoms with Gasteiger partial charge in [0.05, 0.1) is 60.8 Å². The molecule has 5 rings (SSSR count). The average Bonchev–Trinajstić information content (AvgIpc) is 3.18. The van der Waals surface area contributed by atoms with Crippen molar-refractivity contribution in [1.82, 2.24) is 0 Å². The molecule has 0 aromatic rings. The molecule has 5 heterocycles. The Morgan fingerprint density at radius 2 is 1.70 bits per heavy atom. The van der Waals surface area contributed by atoms with Crippen molar-refractivity contribution in [2.24, 2.45) is 16.7 Å². The molecule has 0 amide bonds. The van der Waals surface area contributed by atoms with E-state index < -0.39 is 120 Å². The van der Waals surface area contributed by atoms with Crippen LogP contribution < -0.4 is 0 Å². The first-order chi connectivity index (χ1) is 29.5. The van der Waals surface area contributed by atoms with Gasteiger partial charge in [0.1, 0.15) is 18.0 Å². The quantitative estimate of drug-likeness (QED) is 0.0890. The van der Waals surface area contributed by atoms with Crippen molar-refractivity contribution in [2.75, 3.05) is 7.11 Å². The summed E-state index contributed by atoms with van der Waals surface area (Å²) in [7, 11) is 1.24. The van der Waals surface area contributed by atoms with Gasteiger partial charge >= 0.3 is 29.8 Å². The monoisotopic (exact) mass is 888 g/mol. The molecular weight excluding hydrogens is 824 g/mol. The van der Waals surface area contributed by atoms with Crippen molar-refractivity contribution in [3.63, 3.8) is 0 Å². The normalized spacial score (nSPS) is 37.4. The predicted molar refractivity (Wildman–Crippen MR) is 221 cm³/mol. The Morgan fingerprint density at radius 1 is 0.968 bits per heavy atom. The van der Waals surface area contributed by atoms with Crippen LogP contribution in [0, 0.1) is 16.7 Å². The molecule has 17 nitrogen and oxygen atoms in total. The van der Waals surface area contributed by atoms with Crippen LogP contribution >= 0.6 is 0 Å². The molecule has 7 bridgehead atoms. The number of carbonyl (C=O) groups excluding carboxylic acids is 5. The summed E-state index contributed by atoms with van der Waals surface area (Å²) in [6.45, 7) is 11.3. The minimum atomic E-state index is -2.17. The van der Waals surface area contributed by atoms with Crippen LogP contribution in [0.1, 0.15) is 106 Å². The van der Waals surface area contributed by atoms with Crippen LogP contribution in [0.4, 0.5) is 0 Å². The molecule has 3 fully saturated rings. The van der Waals surface area contributed by atoms with Crippen molar-refractivity contribution in [1.29, 1.82) is 0 Å². The lowest BCUT2D eigenvalue weighted by atomic mass is 9.70. The molecule has 1 unspecified atom stereocenters. The molecule has 5 aliphatic heterocycles. The zero-order valence-electron chi connectivity index (χ0n) is 37.4. The number of cyclic esters (lactones) is 1. The van der Waals surface area contributed by atoms with Crippen molar-refractivity contribution >= 4 is 29.8 Å². The van der Waals surface area contributed by atoms with Gasteiger partial charge in [-0.15, -0.1) is 0 Å². The minimum absolute atomic E-state index is 0.0401. The molecule has 3 saturated heterocycles. The van der Waals surface area contributed by atoms with Gasteiger partial charge in [0.15, 0.2) is 18.0 Å². The lowest BCUT2D eigenvalue weighted by molar-refractivity contribution is -0.348. The number of hydrogen-bond acceptors (Lipinski definition) is 17. The molecule has 12 atom stereocenters. The molecule has 0 radical (unpaired) electrons. The number of ether oxygens (including phenoxy) is 8. The van der Waals surface area contributed by atoms with Gasteiger partial charge in [-0.3, -0.25) is 9.59 Å². The number of esters is 5. The van der Waals surface area contributed by atoms with E-state index in [4.69, 9.17) is 37.9 Å². The average molecular weight is 889 g/mol. The number of methoxy groups -OCH3 is 1. The van der Waals surface area contributed by atoms with Crippen molar-refractivity contribution in [3.8, 4) is 0 Å². The molecule has 17 heteroatoms. The molecule has 63 heavy (non-hydrogen) atoms. The Morgan fingerprint density at radius 3 is 2.37 bits per heavy atom. The van der Waals surface area contributed by atoms with Gasteiger partial charge in [0.25, 0.3) is 5.79 Å². The van der Waals surface area contributed by atoms with Crippen molar-refractivity contribution < 1.29 is 82.3 Å². The number of hydrogen-bond donors (Lipinski definition) is 4. The number of carbonyl (C=O) groups is 5. The molecule has 5 aliphatic rings. The van der Waals surface area contributed by atoms with E-state index in [0.29, 0.717) is 5.57 Å². The van der Waals surface area contributed by atoms with Crippen LogP contribution in [-0.4, -0.2) is 124 Å². The lowest BCUT2D eigenvalue weighted by Crippen LogP contribution is -2.69. The van der Waals surface area contributed by atoms with Crippen LogP contribution in [0.3, 0.4) is 0 Å². The van der Waals surface area contributed by atoms with E-state index in [1.165, 1.54) is 45.3 Å². The molecule has 1 spiro atoms. The van der Waals surface area contributed by atoms with Crippen LogP contribution in [0.2, 0.25) is 0 Å². The van der Waals surface area contributed by atoms with Gasteiger partial charge in [-0.1, -0.05) is 63.1 Å². The number of fused-ring (bicyclic) bond motifs is 6. The minimum Gasteiger partial charge on any atom is -0.466 e. The largest absolute Gasteiger partial charge is 0.466 e.